The summed E-state index contributed by atoms with van der Waals surface area (Å²) >= 11 is 0. The van der Waals surface area contributed by atoms with Crippen molar-refractivity contribution >= 4 is 11.7 Å². The van der Waals surface area contributed by atoms with E-state index in [2.05, 4.69) is 10.4 Å². The monoisotopic (exact) mass is 223 g/mol. The molecule has 0 radical (unpaired) electrons. The van der Waals surface area contributed by atoms with E-state index < -0.39 is 5.97 Å². The normalized spacial score (nSPS) is 25.3. The molecule has 5 heteroatoms. The quantitative estimate of drug-likeness (QED) is 0.819. The van der Waals surface area contributed by atoms with Crippen LogP contribution in [0.4, 0.5) is 5.69 Å². The zero-order chi connectivity index (χ0) is 11.5. The van der Waals surface area contributed by atoms with E-state index in [1.165, 1.54) is 0 Å². The van der Waals surface area contributed by atoms with Crippen molar-refractivity contribution in [2.75, 3.05) is 12.4 Å². The van der Waals surface area contributed by atoms with Gasteiger partial charge in [0.2, 0.25) is 0 Å². The minimum atomic E-state index is -0.658. The Morgan fingerprint density at radius 3 is 2.69 bits per heavy atom. The topological polar surface area (TPSA) is 67.2 Å². The van der Waals surface area contributed by atoms with Crippen LogP contribution in [-0.4, -0.2) is 27.9 Å². The third-order valence-corrected chi connectivity index (χ3v) is 3.31. The van der Waals surface area contributed by atoms with E-state index in [1.54, 1.807) is 6.20 Å². The Morgan fingerprint density at radius 1 is 1.50 bits per heavy atom. The molecule has 88 valence electrons. The molecule has 0 amide bonds. The number of aliphatic carboxylic acids is 1. The summed E-state index contributed by atoms with van der Waals surface area (Å²) in [7, 11) is 1.86. The second-order valence-electron chi connectivity index (χ2n) is 4.30. The van der Waals surface area contributed by atoms with Gasteiger partial charge in [0.1, 0.15) is 0 Å². The van der Waals surface area contributed by atoms with Crippen molar-refractivity contribution in [2.24, 2.45) is 5.92 Å². The molecular formula is C11H17N3O2. The molecule has 1 fully saturated rings. The van der Waals surface area contributed by atoms with Gasteiger partial charge in [0.15, 0.2) is 0 Å². The van der Waals surface area contributed by atoms with E-state index in [4.69, 9.17) is 5.11 Å². The molecule has 2 rings (SSSR count). The number of nitrogens with zero attached hydrogens (tertiary/aromatic N) is 2. The highest BCUT2D eigenvalue weighted by molar-refractivity contribution is 5.70. The Morgan fingerprint density at radius 2 is 2.19 bits per heavy atom. The third-order valence-electron chi connectivity index (χ3n) is 3.31. The van der Waals surface area contributed by atoms with Crippen molar-refractivity contribution in [3.63, 3.8) is 0 Å². The van der Waals surface area contributed by atoms with Gasteiger partial charge in [-0.15, -0.1) is 0 Å². The molecule has 1 aromatic heterocycles. The second kappa shape index (κ2) is 4.55. The molecule has 5 nitrogen and oxygen atoms in total. The number of carboxylic acid groups (broad SMARTS) is 1. The van der Waals surface area contributed by atoms with E-state index in [1.807, 2.05) is 17.9 Å². The summed E-state index contributed by atoms with van der Waals surface area (Å²) in [6, 6.07) is 0.359. The Bertz CT molecular complexity index is 367. The fourth-order valence-electron chi connectivity index (χ4n) is 2.25. The number of nitrogens with one attached hydrogen (secondary N) is 1. The van der Waals surface area contributed by atoms with Crippen molar-refractivity contribution < 1.29 is 9.90 Å². The summed E-state index contributed by atoms with van der Waals surface area (Å²) in [6.45, 7) is 0. The smallest absolute Gasteiger partial charge is 0.306 e. The van der Waals surface area contributed by atoms with Gasteiger partial charge in [0.05, 0.1) is 23.8 Å². The van der Waals surface area contributed by atoms with Crippen molar-refractivity contribution in [3.8, 4) is 0 Å². The first-order chi connectivity index (χ1) is 7.70. The van der Waals surface area contributed by atoms with Gasteiger partial charge in [0, 0.05) is 13.2 Å². The van der Waals surface area contributed by atoms with Crippen LogP contribution < -0.4 is 5.32 Å². The minimum Gasteiger partial charge on any atom is -0.481 e. The number of carboxylic acids is 1. The Labute approximate surface area is 94.5 Å². The fraction of sp³-hybridized carbons (Fsp3) is 0.636. The van der Waals surface area contributed by atoms with Crippen LogP contribution in [0.3, 0.4) is 0 Å². The summed E-state index contributed by atoms with van der Waals surface area (Å²) in [5.41, 5.74) is 1.00. The van der Waals surface area contributed by atoms with Gasteiger partial charge in [-0.05, 0) is 25.7 Å². The molecule has 0 aliphatic heterocycles. The number of aromatic nitrogens is 2. The van der Waals surface area contributed by atoms with E-state index in [9.17, 15) is 4.79 Å². The zero-order valence-electron chi connectivity index (χ0n) is 9.39. The lowest BCUT2D eigenvalue weighted by Gasteiger charge is -2.26. The lowest BCUT2D eigenvalue weighted by atomic mass is 9.86. The molecular weight excluding hydrogens is 206 g/mol. The first-order valence-electron chi connectivity index (χ1n) is 5.65. The largest absolute Gasteiger partial charge is 0.481 e. The van der Waals surface area contributed by atoms with Crippen molar-refractivity contribution in [1.29, 1.82) is 0 Å². The Balaban J connectivity index is 1.96. The molecule has 1 aliphatic rings. The maximum absolute atomic E-state index is 10.8. The van der Waals surface area contributed by atoms with E-state index in [0.29, 0.717) is 6.04 Å². The van der Waals surface area contributed by atoms with E-state index >= 15 is 0 Å². The van der Waals surface area contributed by atoms with Crippen LogP contribution in [0, 0.1) is 5.92 Å². The van der Waals surface area contributed by atoms with Gasteiger partial charge >= 0.3 is 5.97 Å². The van der Waals surface area contributed by atoms with Crippen LogP contribution in [0.25, 0.3) is 0 Å². The minimum absolute atomic E-state index is 0.157. The molecule has 0 saturated heterocycles. The molecule has 0 unspecified atom stereocenters. The van der Waals surface area contributed by atoms with Gasteiger partial charge in [0.25, 0.3) is 0 Å². The predicted octanol–water partition coefficient (Wildman–Crippen LogP) is 1.74. The van der Waals surface area contributed by atoms with Crippen LogP contribution in [0.5, 0.6) is 0 Å². The maximum atomic E-state index is 10.8. The molecule has 16 heavy (non-hydrogen) atoms. The molecule has 0 aromatic carbocycles. The van der Waals surface area contributed by atoms with Crippen LogP contribution in [0.1, 0.15) is 31.7 Å². The van der Waals surface area contributed by atoms with Crippen molar-refractivity contribution in [3.05, 3.63) is 12.4 Å². The van der Waals surface area contributed by atoms with Crippen LogP contribution >= 0.6 is 0 Å². The maximum Gasteiger partial charge on any atom is 0.306 e. The first-order valence-corrected chi connectivity index (χ1v) is 5.65. The molecule has 0 bridgehead atoms. The van der Waals surface area contributed by atoms with Gasteiger partial charge < -0.3 is 10.4 Å². The lowest BCUT2D eigenvalue weighted by Crippen LogP contribution is -2.23. The number of hydrogen-bond donors (Lipinski definition) is 2. The molecule has 1 aliphatic carbocycles. The van der Waals surface area contributed by atoms with Gasteiger partial charge in [-0.3, -0.25) is 9.48 Å². The number of carbonyl (C=O) groups is 1. The molecule has 1 saturated carbocycles. The zero-order valence-corrected chi connectivity index (χ0v) is 9.39. The first kappa shape index (κ1) is 11.0. The molecule has 0 spiro atoms. The summed E-state index contributed by atoms with van der Waals surface area (Å²) < 4.78 is 1.95. The Hall–Kier alpha value is -1.52. The Kier molecular flexibility index (Phi) is 3.12. The highest BCUT2D eigenvalue weighted by Gasteiger charge is 2.26. The second-order valence-corrected chi connectivity index (χ2v) is 4.30. The molecule has 1 heterocycles. The average molecular weight is 223 g/mol. The fourth-order valence-corrected chi connectivity index (χ4v) is 2.25. The average Bonchev–Trinajstić information content (AvgIpc) is 2.77. The summed E-state index contributed by atoms with van der Waals surface area (Å²) in [4.78, 5) is 10.8. The lowest BCUT2D eigenvalue weighted by molar-refractivity contribution is -0.143. The number of anilines is 1. The highest BCUT2D eigenvalue weighted by atomic mass is 16.4. The molecule has 1 aromatic rings. The standard InChI is InChI=1S/C11H17N3O2/c1-12-9-6-13-14(7-9)10-4-2-8(3-5-10)11(15)16/h6-8,10,12H,2-5H2,1H3,(H,15,16). The molecule has 2 N–H and O–H groups in total. The van der Waals surface area contributed by atoms with Crippen molar-refractivity contribution in [1.82, 2.24) is 9.78 Å². The van der Waals surface area contributed by atoms with Gasteiger partial charge in [-0.25, -0.2) is 0 Å². The summed E-state index contributed by atoms with van der Waals surface area (Å²) in [5, 5.41) is 16.2. The SMILES string of the molecule is CNc1cnn(C2CCC(C(=O)O)CC2)c1. The third kappa shape index (κ3) is 2.18. The molecule has 0 atom stereocenters. The van der Waals surface area contributed by atoms with Gasteiger partial charge in [-0.2, -0.15) is 5.10 Å². The number of rotatable bonds is 3. The van der Waals surface area contributed by atoms with Gasteiger partial charge in [-0.1, -0.05) is 0 Å². The summed E-state index contributed by atoms with van der Waals surface area (Å²) in [6.07, 6.45) is 7.10. The van der Waals surface area contributed by atoms with Crippen molar-refractivity contribution in [2.45, 2.75) is 31.7 Å². The van der Waals surface area contributed by atoms with E-state index in [0.717, 1.165) is 31.4 Å². The summed E-state index contributed by atoms with van der Waals surface area (Å²) in [5.74, 6) is -0.814. The number of hydrogen-bond acceptors (Lipinski definition) is 3. The van der Waals surface area contributed by atoms with Crippen LogP contribution in [-0.2, 0) is 4.79 Å². The highest BCUT2D eigenvalue weighted by Crippen LogP contribution is 2.32. The predicted molar refractivity (Wildman–Crippen MR) is 60.4 cm³/mol. The van der Waals surface area contributed by atoms with E-state index in [-0.39, 0.29) is 5.92 Å². The van der Waals surface area contributed by atoms with Crippen LogP contribution in [0.2, 0.25) is 0 Å². The van der Waals surface area contributed by atoms with Crippen LogP contribution in [0.15, 0.2) is 12.4 Å².